The Hall–Kier alpha value is -1.24. The first-order valence-electron chi connectivity index (χ1n) is 4.30. The third kappa shape index (κ3) is 1.92. The first-order valence-corrected chi connectivity index (χ1v) is 5.12. The molecule has 15 heavy (non-hydrogen) atoms. The number of ether oxygens (including phenoxy) is 1. The highest BCUT2D eigenvalue weighted by Crippen LogP contribution is 2.43. The summed E-state index contributed by atoms with van der Waals surface area (Å²) in [5.41, 5.74) is 0. The summed E-state index contributed by atoms with van der Waals surface area (Å²) in [5, 5.41) is 18.9. The van der Waals surface area contributed by atoms with Gasteiger partial charge in [-0.15, -0.1) is 0 Å². The molecular formula is C9H9BO4S. The van der Waals surface area contributed by atoms with Gasteiger partial charge in [-0.3, -0.25) is 0 Å². The van der Waals surface area contributed by atoms with Crippen LogP contribution in [0.15, 0.2) is 24.3 Å². The Labute approximate surface area is 90.9 Å². The summed E-state index contributed by atoms with van der Waals surface area (Å²) in [6.45, 7) is 0. The third-order valence-electron chi connectivity index (χ3n) is 1.93. The van der Waals surface area contributed by atoms with E-state index in [0.717, 1.165) is 10.1 Å². The molecule has 1 aromatic carbocycles. The molecule has 1 aromatic heterocycles. The van der Waals surface area contributed by atoms with Gasteiger partial charge in [-0.05, 0) is 12.1 Å². The molecule has 0 atom stereocenters. The van der Waals surface area contributed by atoms with Crippen LogP contribution in [0.4, 0.5) is 0 Å². The molecule has 0 aliphatic carbocycles. The number of thiophene rings is 1. The lowest BCUT2D eigenvalue weighted by Crippen LogP contribution is -2.20. The van der Waals surface area contributed by atoms with E-state index in [0.29, 0.717) is 10.8 Å². The number of methoxy groups -OCH3 is 1. The highest BCUT2D eigenvalue weighted by atomic mass is 32.1. The predicted molar refractivity (Wildman–Crippen MR) is 59.2 cm³/mol. The fourth-order valence-electron chi connectivity index (χ4n) is 1.35. The highest BCUT2D eigenvalue weighted by molar-refractivity contribution is 7.21. The minimum absolute atomic E-state index is 0.369. The first-order chi connectivity index (χ1) is 7.22. The molecule has 0 radical (unpaired) electrons. The molecular weight excluding hydrogens is 215 g/mol. The molecule has 1 heterocycles. The Morgan fingerprint density at radius 2 is 2.00 bits per heavy atom. The van der Waals surface area contributed by atoms with Crippen LogP contribution in [-0.2, 0) is 0 Å². The monoisotopic (exact) mass is 224 g/mol. The molecule has 0 aliphatic rings. The van der Waals surface area contributed by atoms with Gasteiger partial charge in [0.1, 0.15) is 0 Å². The van der Waals surface area contributed by atoms with Crippen molar-refractivity contribution in [3.63, 3.8) is 0 Å². The summed E-state index contributed by atoms with van der Waals surface area (Å²) in [7, 11) is -0.321. The molecule has 2 aromatic rings. The van der Waals surface area contributed by atoms with Crippen molar-refractivity contribution < 1.29 is 19.4 Å². The lowest BCUT2D eigenvalue weighted by Gasteiger charge is -2.05. The van der Waals surface area contributed by atoms with Crippen LogP contribution in [0, 0.1) is 0 Å². The Bertz CT molecular complexity index is 468. The molecule has 0 bridgehead atoms. The van der Waals surface area contributed by atoms with E-state index in [4.69, 9.17) is 19.4 Å². The topological polar surface area (TPSA) is 58.9 Å². The zero-order valence-electron chi connectivity index (χ0n) is 8.01. The van der Waals surface area contributed by atoms with E-state index < -0.39 is 7.32 Å². The van der Waals surface area contributed by atoms with Crippen molar-refractivity contribution in [2.75, 3.05) is 7.11 Å². The zero-order chi connectivity index (χ0) is 10.8. The fourth-order valence-corrected chi connectivity index (χ4v) is 2.30. The molecule has 2 rings (SSSR count). The summed E-state index contributed by atoms with van der Waals surface area (Å²) in [6, 6.07) is 7.51. The van der Waals surface area contributed by atoms with Crippen molar-refractivity contribution in [1.82, 2.24) is 0 Å². The van der Waals surface area contributed by atoms with Gasteiger partial charge in [0.15, 0.2) is 5.75 Å². The van der Waals surface area contributed by atoms with Crippen LogP contribution in [0.2, 0.25) is 0 Å². The molecule has 0 fully saturated rings. The van der Waals surface area contributed by atoms with Gasteiger partial charge in [0, 0.05) is 10.1 Å². The SMILES string of the molecule is COc1sc2ccccc2c1OB(O)O. The average Bonchev–Trinajstić information content (AvgIpc) is 2.56. The Morgan fingerprint density at radius 3 is 2.67 bits per heavy atom. The second-order valence-electron chi connectivity index (χ2n) is 2.86. The van der Waals surface area contributed by atoms with Crippen LogP contribution in [0.5, 0.6) is 10.8 Å². The van der Waals surface area contributed by atoms with Gasteiger partial charge in [0.05, 0.1) is 7.11 Å². The first kappa shape index (κ1) is 10.3. The van der Waals surface area contributed by atoms with Crippen molar-refractivity contribution in [2.24, 2.45) is 0 Å². The summed E-state index contributed by atoms with van der Waals surface area (Å²) < 4.78 is 11.0. The van der Waals surface area contributed by atoms with Gasteiger partial charge in [0.25, 0.3) is 0 Å². The van der Waals surface area contributed by atoms with E-state index >= 15 is 0 Å². The van der Waals surface area contributed by atoms with E-state index in [1.54, 1.807) is 0 Å². The summed E-state index contributed by atoms with van der Waals surface area (Å²) >= 11 is 1.40. The van der Waals surface area contributed by atoms with Crippen LogP contribution in [-0.4, -0.2) is 24.5 Å². The largest absolute Gasteiger partial charge is 0.707 e. The van der Waals surface area contributed by atoms with Crippen molar-refractivity contribution in [2.45, 2.75) is 0 Å². The standard InChI is InChI=1S/C9H9BO4S/c1-13-9-8(14-10(11)12)6-4-2-3-5-7(6)15-9/h2-5,11-12H,1H3. The second kappa shape index (κ2) is 4.10. The quantitative estimate of drug-likeness (QED) is 0.770. The molecule has 0 saturated heterocycles. The molecule has 0 amide bonds. The second-order valence-corrected chi connectivity index (χ2v) is 3.88. The van der Waals surface area contributed by atoms with Crippen molar-refractivity contribution in [3.05, 3.63) is 24.3 Å². The zero-order valence-corrected chi connectivity index (χ0v) is 8.82. The molecule has 0 saturated carbocycles. The molecule has 0 spiro atoms. The summed E-state index contributed by atoms with van der Waals surface area (Å²) in [4.78, 5) is 0. The van der Waals surface area contributed by atoms with Gasteiger partial charge in [-0.2, -0.15) is 0 Å². The van der Waals surface area contributed by atoms with E-state index in [1.807, 2.05) is 24.3 Å². The number of hydrogen-bond donors (Lipinski definition) is 2. The van der Waals surface area contributed by atoms with Gasteiger partial charge >= 0.3 is 7.32 Å². The number of hydrogen-bond acceptors (Lipinski definition) is 5. The normalized spacial score (nSPS) is 10.3. The van der Waals surface area contributed by atoms with Crippen molar-refractivity contribution >= 4 is 28.7 Å². The van der Waals surface area contributed by atoms with E-state index in [9.17, 15) is 0 Å². The maximum Gasteiger partial charge on any atom is 0.707 e. The van der Waals surface area contributed by atoms with Gasteiger partial charge in [-0.1, -0.05) is 23.5 Å². The summed E-state index contributed by atoms with van der Waals surface area (Å²) in [5.74, 6) is 0.369. The fraction of sp³-hybridized carbons (Fsp3) is 0.111. The number of rotatable bonds is 3. The summed E-state index contributed by atoms with van der Waals surface area (Å²) in [6.07, 6.45) is 0. The van der Waals surface area contributed by atoms with E-state index in [2.05, 4.69) is 0 Å². The highest BCUT2D eigenvalue weighted by Gasteiger charge is 2.20. The lowest BCUT2D eigenvalue weighted by molar-refractivity contribution is 0.283. The average molecular weight is 224 g/mol. The third-order valence-corrected chi connectivity index (χ3v) is 3.04. The Morgan fingerprint density at radius 1 is 1.27 bits per heavy atom. The molecule has 2 N–H and O–H groups in total. The van der Waals surface area contributed by atoms with Crippen LogP contribution in [0.3, 0.4) is 0 Å². The molecule has 78 valence electrons. The molecule has 0 aliphatic heterocycles. The molecule has 6 heteroatoms. The molecule has 4 nitrogen and oxygen atoms in total. The van der Waals surface area contributed by atoms with Crippen molar-refractivity contribution in [3.8, 4) is 10.8 Å². The predicted octanol–water partition coefficient (Wildman–Crippen LogP) is 1.26. The van der Waals surface area contributed by atoms with Gasteiger partial charge in [-0.25, -0.2) is 0 Å². The minimum atomic E-state index is -1.84. The smallest absolute Gasteiger partial charge is 0.508 e. The Balaban J connectivity index is 2.56. The van der Waals surface area contributed by atoms with E-state index in [1.165, 1.54) is 18.4 Å². The van der Waals surface area contributed by atoms with Gasteiger partial charge in [0.2, 0.25) is 5.06 Å². The van der Waals surface area contributed by atoms with Crippen molar-refractivity contribution in [1.29, 1.82) is 0 Å². The van der Waals surface area contributed by atoms with Crippen LogP contribution in [0.1, 0.15) is 0 Å². The van der Waals surface area contributed by atoms with Crippen LogP contribution >= 0.6 is 11.3 Å². The Kier molecular flexibility index (Phi) is 2.81. The maximum absolute atomic E-state index is 8.79. The lowest BCUT2D eigenvalue weighted by atomic mass is 10.2. The minimum Gasteiger partial charge on any atom is -0.508 e. The number of benzene rings is 1. The number of fused-ring (bicyclic) bond motifs is 1. The van der Waals surface area contributed by atoms with Crippen LogP contribution in [0.25, 0.3) is 10.1 Å². The van der Waals surface area contributed by atoms with Crippen LogP contribution < -0.4 is 9.39 Å². The molecule has 0 unspecified atom stereocenters. The van der Waals surface area contributed by atoms with Gasteiger partial charge < -0.3 is 19.4 Å². The maximum atomic E-state index is 8.79. The van der Waals surface area contributed by atoms with E-state index in [-0.39, 0.29) is 0 Å².